The summed E-state index contributed by atoms with van der Waals surface area (Å²) in [5.41, 5.74) is 2.44. The van der Waals surface area contributed by atoms with Crippen molar-refractivity contribution in [2.45, 2.75) is 32.6 Å². The van der Waals surface area contributed by atoms with Gasteiger partial charge in [0.05, 0.1) is 5.69 Å². The highest BCUT2D eigenvalue weighted by Gasteiger charge is 2.18. The lowest BCUT2D eigenvalue weighted by Crippen LogP contribution is -2.23. The molecular formula is C19H18FN5O2. The number of pyridine rings is 1. The first-order valence-corrected chi connectivity index (χ1v) is 8.77. The molecule has 1 amide bonds. The van der Waals surface area contributed by atoms with Gasteiger partial charge < -0.3 is 10.3 Å². The molecular weight excluding hydrogens is 349 g/mol. The van der Waals surface area contributed by atoms with Gasteiger partial charge in [-0.2, -0.15) is 0 Å². The summed E-state index contributed by atoms with van der Waals surface area (Å²) in [6.45, 7) is 1.69. The highest BCUT2D eigenvalue weighted by Crippen LogP contribution is 2.20. The Labute approximate surface area is 154 Å². The van der Waals surface area contributed by atoms with Crippen molar-refractivity contribution in [1.29, 1.82) is 0 Å². The second-order valence-corrected chi connectivity index (χ2v) is 6.55. The number of benzene rings is 1. The molecule has 8 heteroatoms. The van der Waals surface area contributed by atoms with Crippen LogP contribution in [-0.4, -0.2) is 25.7 Å². The third-order valence-corrected chi connectivity index (χ3v) is 4.63. The molecule has 0 bridgehead atoms. The van der Waals surface area contributed by atoms with E-state index in [0.29, 0.717) is 11.5 Å². The molecule has 0 spiro atoms. The van der Waals surface area contributed by atoms with Gasteiger partial charge in [-0.15, -0.1) is 5.10 Å². The molecule has 1 aromatic carbocycles. The molecule has 4 rings (SSSR count). The summed E-state index contributed by atoms with van der Waals surface area (Å²) in [5.74, 6) is -0.513. The van der Waals surface area contributed by atoms with Crippen LogP contribution in [0.25, 0.3) is 5.69 Å². The molecule has 0 fully saturated rings. The number of H-pyrrole nitrogens is 1. The molecule has 7 nitrogen and oxygen atoms in total. The van der Waals surface area contributed by atoms with Gasteiger partial charge in [0.15, 0.2) is 0 Å². The standard InChI is InChI=1S/C19H18FN5O2/c1-11-21-17(24-25(11)14-8-6-13(20)7-9-14)19(27)23-16-10-12-4-2-3-5-15(12)22-18(16)26/h6-10H,2-5H2,1H3,(H,22,26)(H,23,27). The lowest BCUT2D eigenvalue weighted by Gasteiger charge is -2.16. The molecule has 1 aliphatic carbocycles. The minimum Gasteiger partial charge on any atom is -0.324 e. The van der Waals surface area contributed by atoms with Gasteiger partial charge >= 0.3 is 0 Å². The lowest BCUT2D eigenvalue weighted by molar-refractivity contribution is 0.101. The number of nitrogens with zero attached hydrogens (tertiary/aromatic N) is 3. The first-order valence-electron chi connectivity index (χ1n) is 8.77. The fourth-order valence-electron chi connectivity index (χ4n) is 3.26. The largest absolute Gasteiger partial charge is 0.324 e. The van der Waals surface area contributed by atoms with E-state index in [0.717, 1.165) is 36.9 Å². The van der Waals surface area contributed by atoms with Gasteiger partial charge in [0.1, 0.15) is 17.3 Å². The summed E-state index contributed by atoms with van der Waals surface area (Å²) in [6, 6.07) is 7.44. The zero-order valence-electron chi connectivity index (χ0n) is 14.8. The second-order valence-electron chi connectivity index (χ2n) is 6.55. The van der Waals surface area contributed by atoms with Crippen LogP contribution in [0.3, 0.4) is 0 Å². The van der Waals surface area contributed by atoms with Gasteiger partial charge in [-0.05, 0) is 68.5 Å². The van der Waals surface area contributed by atoms with Crippen molar-refractivity contribution < 1.29 is 9.18 Å². The second kappa shape index (κ2) is 6.79. The molecule has 0 atom stereocenters. The number of hydrogen-bond acceptors (Lipinski definition) is 4. The number of carbonyl (C=O) groups is 1. The van der Waals surface area contributed by atoms with E-state index in [1.165, 1.54) is 16.8 Å². The van der Waals surface area contributed by atoms with Crippen LogP contribution in [-0.2, 0) is 12.8 Å². The van der Waals surface area contributed by atoms with Gasteiger partial charge in [0, 0.05) is 5.69 Å². The van der Waals surface area contributed by atoms with Crippen molar-refractivity contribution in [3.63, 3.8) is 0 Å². The van der Waals surface area contributed by atoms with Crippen LogP contribution in [0.5, 0.6) is 0 Å². The van der Waals surface area contributed by atoms with Crippen molar-refractivity contribution in [2.24, 2.45) is 0 Å². The number of hydrogen-bond donors (Lipinski definition) is 2. The summed E-state index contributed by atoms with van der Waals surface area (Å²) in [6.07, 6.45) is 3.85. The Bertz CT molecular complexity index is 1070. The smallest absolute Gasteiger partial charge is 0.295 e. The minimum atomic E-state index is -0.569. The van der Waals surface area contributed by atoms with Gasteiger partial charge in [0.2, 0.25) is 5.82 Å². The third kappa shape index (κ3) is 3.38. The highest BCUT2D eigenvalue weighted by atomic mass is 19.1. The zero-order valence-corrected chi connectivity index (χ0v) is 14.8. The molecule has 2 aromatic heterocycles. The molecule has 0 radical (unpaired) electrons. The summed E-state index contributed by atoms with van der Waals surface area (Å²) in [4.78, 5) is 31.8. The van der Waals surface area contributed by atoms with E-state index in [1.54, 1.807) is 25.1 Å². The maximum absolute atomic E-state index is 13.1. The SMILES string of the molecule is Cc1nc(C(=O)Nc2cc3c([nH]c2=O)CCCC3)nn1-c1ccc(F)cc1. The number of aromatic nitrogens is 4. The van der Waals surface area contributed by atoms with Crippen molar-refractivity contribution in [2.75, 3.05) is 5.32 Å². The van der Waals surface area contributed by atoms with Crippen LogP contribution in [0.1, 0.15) is 40.5 Å². The van der Waals surface area contributed by atoms with E-state index in [1.807, 2.05) is 0 Å². The van der Waals surface area contributed by atoms with Crippen LogP contribution in [0, 0.1) is 12.7 Å². The van der Waals surface area contributed by atoms with E-state index in [2.05, 4.69) is 20.4 Å². The number of anilines is 1. The molecule has 0 aliphatic heterocycles. The summed E-state index contributed by atoms with van der Waals surface area (Å²) in [7, 11) is 0. The number of aryl methyl sites for hydroxylation is 3. The fraction of sp³-hybridized carbons (Fsp3) is 0.263. The van der Waals surface area contributed by atoms with Crippen LogP contribution < -0.4 is 10.9 Å². The molecule has 2 heterocycles. The number of aromatic amines is 1. The molecule has 0 saturated carbocycles. The molecule has 138 valence electrons. The first-order chi connectivity index (χ1) is 13.0. The average Bonchev–Trinajstić information content (AvgIpc) is 3.05. The van der Waals surface area contributed by atoms with E-state index in [-0.39, 0.29) is 22.9 Å². The van der Waals surface area contributed by atoms with E-state index >= 15 is 0 Å². The Hall–Kier alpha value is -3.29. The molecule has 3 aromatic rings. The number of amides is 1. The van der Waals surface area contributed by atoms with Crippen LogP contribution in [0.15, 0.2) is 35.1 Å². The zero-order chi connectivity index (χ0) is 19.0. The monoisotopic (exact) mass is 367 g/mol. The number of rotatable bonds is 3. The Balaban J connectivity index is 1.60. The van der Waals surface area contributed by atoms with Crippen LogP contribution in [0.2, 0.25) is 0 Å². The van der Waals surface area contributed by atoms with Crippen molar-refractivity contribution in [3.8, 4) is 5.69 Å². The quantitative estimate of drug-likeness (QED) is 0.744. The molecule has 2 N–H and O–H groups in total. The van der Waals surface area contributed by atoms with Crippen molar-refractivity contribution in [1.82, 2.24) is 19.7 Å². The maximum Gasteiger partial charge on any atom is 0.295 e. The molecule has 27 heavy (non-hydrogen) atoms. The first kappa shape index (κ1) is 17.1. The predicted molar refractivity (Wildman–Crippen MR) is 97.7 cm³/mol. The molecule has 1 aliphatic rings. The number of halogens is 1. The molecule has 0 saturated heterocycles. The van der Waals surface area contributed by atoms with Gasteiger partial charge in [-0.25, -0.2) is 14.1 Å². The van der Waals surface area contributed by atoms with Crippen LogP contribution in [0.4, 0.5) is 10.1 Å². The lowest BCUT2D eigenvalue weighted by atomic mass is 9.96. The summed E-state index contributed by atoms with van der Waals surface area (Å²) >= 11 is 0. The van der Waals surface area contributed by atoms with Crippen molar-refractivity contribution in [3.05, 3.63) is 69.4 Å². The number of fused-ring (bicyclic) bond motifs is 1. The topological polar surface area (TPSA) is 92.7 Å². The Kier molecular flexibility index (Phi) is 4.31. The Morgan fingerprint density at radius 1 is 1.22 bits per heavy atom. The van der Waals surface area contributed by atoms with E-state index in [4.69, 9.17) is 0 Å². The maximum atomic E-state index is 13.1. The predicted octanol–water partition coefficient (Wildman–Crippen LogP) is 2.53. The minimum absolute atomic E-state index is 0.0612. The van der Waals surface area contributed by atoms with Gasteiger partial charge in [-0.3, -0.25) is 9.59 Å². The molecule has 0 unspecified atom stereocenters. The average molecular weight is 367 g/mol. The Morgan fingerprint density at radius 2 is 1.96 bits per heavy atom. The van der Waals surface area contributed by atoms with Crippen LogP contribution >= 0.6 is 0 Å². The Morgan fingerprint density at radius 3 is 2.74 bits per heavy atom. The van der Waals surface area contributed by atoms with Gasteiger partial charge in [0.25, 0.3) is 11.5 Å². The summed E-state index contributed by atoms with van der Waals surface area (Å²) < 4.78 is 14.5. The highest BCUT2D eigenvalue weighted by molar-refractivity contribution is 6.01. The van der Waals surface area contributed by atoms with E-state index < -0.39 is 5.91 Å². The number of carbonyl (C=O) groups excluding carboxylic acids is 1. The number of nitrogens with one attached hydrogen (secondary N) is 2. The van der Waals surface area contributed by atoms with E-state index in [9.17, 15) is 14.0 Å². The fourth-order valence-corrected chi connectivity index (χ4v) is 3.26. The normalized spacial score (nSPS) is 13.3. The summed E-state index contributed by atoms with van der Waals surface area (Å²) in [5, 5.41) is 6.78. The van der Waals surface area contributed by atoms with Crippen molar-refractivity contribution >= 4 is 11.6 Å². The van der Waals surface area contributed by atoms with Gasteiger partial charge in [-0.1, -0.05) is 0 Å². The third-order valence-electron chi connectivity index (χ3n) is 4.63.